The number of halogens is 1. The molecular weight excluding hydrogens is 225 g/mol. The highest BCUT2D eigenvalue weighted by Gasteiger charge is 2.04. The van der Waals surface area contributed by atoms with E-state index in [4.69, 9.17) is 4.74 Å². The van der Waals surface area contributed by atoms with E-state index in [1.807, 2.05) is 6.07 Å². The van der Waals surface area contributed by atoms with Crippen molar-refractivity contribution in [2.75, 3.05) is 26.8 Å². The molecule has 4 heteroatoms. The Morgan fingerprint density at radius 1 is 1.50 bits per heavy atom. The molecule has 1 atom stereocenters. The second-order valence-corrected chi connectivity index (χ2v) is 5.09. The lowest BCUT2D eigenvalue weighted by atomic mass is 10.3. The first-order valence-corrected chi connectivity index (χ1v) is 6.22. The van der Waals surface area contributed by atoms with E-state index in [9.17, 15) is 4.39 Å². The summed E-state index contributed by atoms with van der Waals surface area (Å²) in [5.41, 5.74) is 0. The van der Waals surface area contributed by atoms with Crippen LogP contribution in [-0.4, -0.2) is 32.1 Å². The minimum Gasteiger partial charge on any atom is -0.383 e. The number of nitrogens with one attached hydrogen (secondary N) is 1. The predicted octanol–water partition coefficient (Wildman–Crippen LogP) is 2.54. The maximum Gasteiger partial charge on any atom is 0.124 e. The molecule has 0 aliphatic rings. The van der Waals surface area contributed by atoms with Crippen molar-refractivity contribution in [2.45, 2.75) is 17.1 Å². The molecule has 2 nitrogen and oxygen atoms in total. The highest BCUT2D eigenvalue weighted by Crippen LogP contribution is 2.23. The van der Waals surface area contributed by atoms with Crippen LogP contribution >= 0.6 is 11.8 Å². The van der Waals surface area contributed by atoms with E-state index in [2.05, 4.69) is 12.2 Å². The zero-order valence-electron chi connectivity index (χ0n) is 9.70. The standard InChI is InChI=1S/C12H18FNOS/c1-10(9-14-6-7-15-2)16-12-5-3-4-11(13)8-12/h3-5,8,10,14H,6-7,9H2,1-2H3. The van der Waals surface area contributed by atoms with Crippen LogP contribution in [0.25, 0.3) is 0 Å². The summed E-state index contributed by atoms with van der Waals surface area (Å²) in [4.78, 5) is 0.973. The minimum atomic E-state index is -0.176. The van der Waals surface area contributed by atoms with Crippen molar-refractivity contribution in [2.24, 2.45) is 0 Å². The fourth-order valence-corrected chi connectivity index (χ4v) is 2.30. The number of rotatable bonds is 7. The molecule has 0 aliphatic carbocycles. The summed E-state index contributed by atoms with van der Waals surface area (Å²) < 4.78 is 17.9. The lowest BCUT2D eigenvalue weighted by Gasteiger charge is -2.12. The van der Waals surface area contributed by atoms with Crippen LogP contribution in [0.2, 0.25) is 0 Å². The molecule has 0 spiro atoms. The van der Waals surface area contributed by atoms with Crippen molar-refractivity contribution < 1.29 is 9.13 Å². The summed E-state index contributed by atoms with van der Waals surface area (Å²) in [5, 5.41) is 3.70. The van der Waals surface area contributed by atoms with Gasteiger partial charge in [0.15, 0.2) is 0 Å². The molecule has 0 aromatic heterocycles. The van der Waals surface area contributed by atoms with Gasteiger partial charge in [-0.25, -0.2) is 4.39 Å². The van der Waals surface area contributed by atoms with Crippen LogP contribution in [0, 0.1) is 5.82 Å². The van der Waals surface area contributed by atoms with E-state index >= 15 is 0 Å². The van der Waals surface area contributed by atoms with Gasteiger partial charge in [0.25, 0.3) is 0 Å². The van der Waals surface area contributed by atoms with Crippen LogP contribution in [0.3, 0.4) is 0 Å². The van der Waals surface area contributed by atoms with E-state index in [-0.39, 0.29) is 5.82 Å². The summed E-state index contributed by atoms with van der Waals surface area (Å²) >= 11 is 1.67. The molecule has 16 heavy (non-hydrogen) atoms. The van der Waals surface area contributed by atoms with E-state index in [1.165, 1.54) is 6.07 Å². The first kappa shape index (κ1) is 13.5. The van der Waals surface area contributed by atoms with E-state index in [0.29, 0.717) is 5.25 Å². The number of methoxy groups -OCH3 is 1. The van der Waals surface area contributed by atoms with Gasteiger partial charge in [-0.1, -0.05) is 13.0 Å². The Morgan fingerprint density at radius 3 is 3.00 bits per heavy atom. The average molecular weight is 243 g/mol. The van der Waals surface area contributed by atoms with Crippen LogP contribution in [0.15, 0.2) is 29.2 Å². The highest BCUT2D eigenvalue weighted by molar-refractivity contribution is 8.00. The van der Waals surface area contributed by atoms with E-state index in [1.54, 1.807) is 31.0 Å². The lowest BCUT2D eigenvalue weighted by Crippen LogP contribution is -2.26. The number of thioether (sulfide) groups is 1. The van der Waals surface area contributed by atoms with Crippen LogP contribution in [-0.2, 0) is 4.74 Å². The van der Waals surface area contributed by atoms with Crippen LogP contribution in [0.4, 0.5) is 4.39 Å². The molecule has 1 N–H and O–H groups in total. The monoisotopic (exact) mass is 243 g/mol. The third-order valence-electron chi connectivity index (χ3n) is 2.05. The molecule has 0 amide bonds. The predicted molar refractivity (Wildman–Crippen MR) is 66.5 cm³/mol. The molecule has 1 aromatic carbocycles. The average Bonchev–Trinajstić information content (AvgIpc) is 2.24. The molecule has 0 radical (unpaired) electrons. The summed E-state index contributed by atoms with van der Waals surface area (Å²) in [7, 11) is 1.69. The number of hydrogen-bond acceptors (Lipinski definition) is 3. The van der Waals surface area contributed by atoms with Crippen molar-refractivity contribution >= 4 is 11.8 Å². The molecule has 0 heterocycles. The van der Waals surface area contributed by atoms with Crippen molar-refractivity contribution in [1.82, 2.24) is 5.32 Å². The second-order valence-electron chi connectivity index (χ2n) is 3.58. The van der Waals surface area contributed by atoms with Gasteiger partial charge in [0.1, 0.15) is 5.82 Å². The number of benzene rings is 1. The number of ether oxygens (including phenoxy) is 1. The molecular formula is C12H18FNOS. The molecule has 1 unspecified atom stereocenters. The molecule has 0 bridgehead atoms. The zero-order valence-corrected chi connectivity index (χ0v) is 10.5. The molecule has 0 saturated carbocycles. The Kier molecular flexibility index (Phi) is 6.45. The van der Waals surface area contributed by atoms with Gasteiger partial charge in [0.2, 0.25) is 0 Å². The lowest BCUT2D eigenvalue weighted by molar-refractivity contribution is 0.199. The molecule has 1 rings (SSSR count). The molecule has 0 fully saturated rings. The molecule has 1 aromatic rings. The van der Waals surface area contributed by atoms with Gasteiger partial charge in [-0.3, -0.25) is 0 Å². The molecule has 90 valence electrons. The van der Waals surface area contributed by atoms with Crippen molar-refractivity contribution in [3.05, 3.63) is 30.1 Å². The summed E-state index contributed by atoms with van der Waals surface area (Å²) in [6, 6.07) is 6.70. The first-order chi connectivity index (χ1) is 7.72. The fourth-order valence-electron chi connectivity index (χ4n) is 1.29. The van der Waals surface area contributed by atoms with Crippen LogP contribution in [0.1, 0.15) is 6.92 Å². The van der Waals surface area contributed by atoms with Gasteiger partial charge < -0.3 is 10.1 Å². The summed E-state index contributed by atoms with van der Waals surface area (Å²) in [6.45, 7) is 4.59. The quantitative estimate of drug-likeness (QED) is 0.587. The van der Waals surface area contributed by atoms with Crippen LogP contribution in [0.5, 0.6) is 0 Å². The molecule has 0 aliphatic heterocycles. The smallest absolute Gasteiger partial charge is 0.124 e. The third-order valence-corrected chi connectivity index (χ3v) is 3.14. The highest BCUT2D eigenvalue weighted by atomic mass is 32.2. The topological polar surface area (TPSA) is 21.3 Å². The molecule has 0 saturated heterocycles. The van der Waals surface area contributed by atoms with Crippen LogP contribution < -0.4 is 5.32 Å². The Hall–Kier alpha value is -0.580. The SMILES string of the molecule is COCCNCC(C)Sc1cccc(F)c1. The van der Waals surface area contributed by atoms with Crippen molar-refractivity contribution in [1.29, 1.82) is 0 Å². The Morgan fingerprint density at radius 2 is 2.31 bits per heavy atom. The van der Waals surface area contributed by atoms with Gasteiger partial charge >= 0.3 is 0 Å². The largest absolute Gasteiger partial charge is 0.383 e. The van der Waals surface area contributed by atoms with Gasteiger partial charge in [-0.15, -0.1) is 11.8 Å². The van der Waals surface area contributed by atoms with Gasteiger partial charge in [0, 0.05) is 30.3 Å². The zero-order chi connectivity index (χ0) is 11.8. The summed E-state index contributed by atoms with van der Waals surface area (Å²) in [5.74, 6) is -0.176. The van der Waals surface area contributed by atoms with E-state index < -0.39 is 0 Å². The van der Waals surface area contributed by atoms with Gasteiger partial charge in [-0.2, -0.15) is 0 Å². The van der Waals surface area contributed by atoms with E-state index in [0.717, 1.165) is 24.6 Å². The third kappa shape index (κ3) is 5.49. The summed E-state index contributed by atoms with van der Waals surface area (Å²) in [6.07, 6.45) is 0. The Labute approximate surface area is 101 Å². The van der Waals surface area contributed by atoms with Crippen molar-refractivity contribution in [3.8, 4) is 0 Å². The van der Waals surface area contributed by atoms with Gasteiger partial charge in [0.05, 0.1) is 6.61 Å². The van der Waals surface area contributed by atoms with Crippen molar-refractivity contribution in [3.63, 3.8) is 0 Å². The van der Waals surface area contributed by atoms with Gasteiger partial charge in [-0.05, 0) is 18.2 Å². The maximum absolute atomic E-state index is 12.9. The minimum absolute atomic E-state index is 0.176. The Bertz CT molecular complexity index is 309. The first-order valence-electron chi connectivity index (χ1n) is 5.34. The maximum atomic E-state index is 12.9. The normalized spacial score (nSPS) is 12.7. The fraction of sp³-hybridized carbons (Fsp3) is 0.500. The number of hydrogen-bond donors (Lipinski definition) is 1. The Balaban J connectivity index is 2.25. The second kappa shape index (κ2) is 7.65.